The standard InChI is InChI=1S/C45H38N2O3/c1-27(2)28-12-10-13-29(22-28)30-24-37(35-17-11-16-34-33-14-7-9-19-40(33)49-43(34)35)42-41(25-30)50-44(47-42)36-15-6-8-18-38(36)46-26-31-23-32(45(3,4)5)20-21-39(31)48/h6-27,48H,1-5H3. The highest BCUT2D eigenvalue weighted by Crippen LogP contribution is 2.42. The zero-order valence-electron chi connectivity index (χ0n) is 28.9. The van der Waals surface area contributed by atoms with E-state index in [4.69, 9.17) is 18.8 Å². The number of aromatic nitrogens is 1. The van der Waals surface area contributed by atoms with Crippen LogP contribution in [0.3, 0.4) is 0 Å². The lowest BCUT2D eigenvalue weighted by atomic mass is 9.86. The summed E-state index contributed by atoms with van der Waals surface area (Å²) in [7, 11) is 0. The maximum Gasteiger partial charge on any atom is 0.229 e. The quantitative estimate of drug-likeness (QED) is 0.181. The van der Waals surface area contributed by atoms with Gasteiger partial charge in [-0.15, -0.1) is 0 Å². The van der Waals surface area contributed by atoms with Gasteiger partial charge in [0.2, 0.25) is 5.89 Å². The fourth-order valence-electron chi connectivity index (χ4n) is 6.58. The highest BCUT2D eigenvalue weighted by molar-refractivity contribution is 6.12. The lowest BCUT2D eigenvalue weighted by molar-refractivity contribution is 0.473. The van der Waals surface area contributed by atoms with Crippen molar-refractivity contribution in [1.29, 1.82) is 0 Å². The van der Waals surface area contributed by atoms with Crippen molar-refractivity contribution < 1.29 is 13.9 Å². The molecule has 0 saturated heterocycles. The summed E-state index contributed by atoms with van der Waals surface area (Å²) in [6.07, 6.45) is 1.71. The minimum absolute atomic E-state index is 0.0637. The predicted octanol–water partition coefficient (Wildman–Crippen LogP) is 12.6. The predicted molar refractivity (Wildman–Crippen MR) is 206 cm³/mol. The SMILES string of the molecule is CC(C)c1cccc(-c2cc(-c3cccc4c3oc3ccccc34)c3nc(-c4ccccc4N=Cc4cc(C(C)(C)C)ccc4O)oc3c2)c1. The zero-order chi connectivity index (χ0) is 34.6. The lowest BCUT2D eigenvalue weighted by Crippen LogP contribution is -2.11. The first-order valence-electron chi connectivity index (χ1n) is 17.1. The summed E-state index contributed by atoms with van der Waals surface area (Å²) in [5.41, 5.74) is 11.5. The van der Waals surface area contributed by atoms with E-state index in [9.17, 15) is 5.11 Å². The van der Waals surface area contributed by atoms with Crippen LogP contribution in [0.1, 0.15) is 57.2 Å². The van der Waals surface area contributed by atoms with Crippen LogP contribution < -0.4 is 0 Å². The molecule has 0 unspecified atom stereocenters. The van der Waals surface area contributed by atoms with Gasteiger partial charge in [0.15, 0.2) is 5.58 Å². The van der Waals surface area contributed by atoms with Crippen molar-refractivity contribution >= 4 is 44.9 Å². The molecular weight excluding hydrogens is 617 g/mol. The van der Waals surface area contributed by atoms with Crippen LogP contribution in [0.4, 0.5) is 5.69 Å². The first-order valence-corrected chi connectivity index (χ1v) is 17.1. The minimum Gasteiger partial charge on any atom is -0.507 e. The molecule has 50 heavy (non-hydrogen) atoms. The van der Waals surface area contributed by atoms with E-state index < -0.39 is 0 Å². The summed E-state index contributed by atoms with van der Waals surface area (Å²) in [4.78, 5) is 9.99. The smallest absolute Gasteiger partial charge is 0.229 e. The number of fused-ring (bicyclic) bond motifs is 4. The maximum atomic E-state index is 10.7. The third-order valence-corrected chi connectivity index (χ3v) is 9.45. The van der Waals surface area contributed by atoms with E-state index in [2.05, 4.69) is 95.3 Å². The second kappa shape index (κ2) is 12.2. The summed E-state index contributed by atoms with van der Waals surface area (Å²) in [6.45, 7) is 10.9. The molecule has 0 saturated carbocycles. The fraction of sp³-hybridized carbons (Fsp3) is 0.156. The Morgan fingerprint density at radius 1 is 0.680 bits per heavy atom. The van der Waals surface area contributed by atoms with Gasteiger partial charge in [-0.1, -0.05) is 113 Å². The second-order valence-electron chi connectivity index (χ2n) is 14.2. The number of hydrogen-bond donors (Lipinski definition) is 1. The molecule has 1 N–H and O–H groups in total. The van der Waals surface area contributed by atoms with Crippen LogP contribution in [0, 0.1) is 0 Å². The molecular formula is C45H38N2O3. The molecule has 0 aliphatic rings. The Morgan fingerprint density at radius 2 is 1.44 bits per heavy atom. The van der Waals surface area contributed by atoms with Gasteiger partial charge in [-0.2, -0.15) is 0 Å². The van der Waals surface area contributed by atoms with E-state index in [0.29, 0.717) is 28.6 Å². The van der Waals surface area contributed by atoms with E-state index in [1.807, 2.05) is 54.6 Å². The summed E-state index contributed by atoms with van der Waals surface area (Å²) in [6, 6.07) is 40.9. The highest BCUT2D eigenvalue weighted by Gasteiger charge is 2.21. The molecule has 0 radical (unpaired) electrons. The number of furan rings is 1. The fourth-order valence-corrected chi connectivity index (χ4v) is 6.58. The van der Waals surface area contributed by atoms with Gasteiger partial charge in [0, 0.05) is 33.7 Å². The minimum atomic E-state index is -0.0637. The molecule has 0 atom stereocenters. The van der Waals surface area contributed by atoms with Crippen molar-refractivity contribution in [2.24, 2.45) is 4.99 Å². The Balaban J connectivity index is 1.31. The molecule has 6 aromatic carbocycles. The van der Waals surface area contributed by atoms with Crippen LogP contribution in [-0.4, -0.2) is 16.3 Å². The molecule has 8 aromatic rings. The molecule has 0 aliphatic heterocycles. The third-order valence-electron chi connectivity index (χ3n) is 9.45. The lowest BCUT2D eigenvalue weighted by Gasteiger charge is -2.19. The number of oxazole rings is 1. The summed E-state index contributed by atoms with van der Waals surface area (Å²) < 4.78 is 13.2. The van der Waals surface area contributed by atoms with Gasteiger partial charge in [-0.05, 0) is 76.1 Å². The topological polar surface area (TPSA) is 71.8 Å². The molecule has 0 aliphatic carbocycles. The van der Waals surface area contributed by atoms with E-state index >= 15 is 0 Å². The van der Waals surface area contributed by atoms with Crippen LogP contribution in [0.2, 0.25) is 0 Å². The molecule has 0 bridgehead atoms. The Kier molecular flexibility index (Phi) is 7.64. The average Bonchev–Trinajstić information content (AvgIpc) is 3.72. The molecule has 5 heteroatoms. The van der Waals surface area contributed by atoms with Crippen molar-refractivity contribution in [3.05, 3.63) is 138 Å². The number of hydrogen-bond acceptors (Lipinski definition) is 5. The van der Waals surface area contributed by atoms with Crippen molar-refractivity contribution in [3.8, 4) is 39.5 Å². The Bertz CT molecular complexity index is 2580. The summed E-state index contributed by atoms with van der Waals surface area (Å²) >= 11 is 0. The van der Waals surface area contributed by atoms with Crippen LogP contribution in [0.5, 0.6) is 5.75 Å². The molecule has 0 fully saturated rings. The normalized spacial score (nSPS) is 12.3. The first-order chi connectivity index (χ1) is 24.1. The van der Waals surface area contributed by atoms with Crippen molar-refractivity contribution in [2.45, 2.75) is 46.0 Å². The first kappa shape index (κ1) is 31.3. The van der Waals surface area contributed by atoms with Crippen molar-refractivity contribution in [1.82, 2.24) is 4.98 Å². The number of benzene rings is 6. The summed E-state index contributed by atoms with van der Waals surface area (Å²) in [5, 5.41) is 12.8. The van der Waals surface area contributed by atoms with Gasteiger partial charge in [0.25, 0.3) is 0 Å². The molecule has 2 aromatic heterocycles. The summed E-state index contributed by atoms with van der Waals surface area (Å²) in [5.74, 6) is 1.04. The van der Waals surface area contributed by atoms with Crippen LogP contribution >= 0.6 is 0 Å². The highest BCUT2D eigenvalue weighted by atomic mass is 16.3. The van der Waals surface area contributed by atoms with Gasteiger partial charge >= 0.3 is 0 Å². The van der Waals surface area contributed by atoms with Gasteiger partial charge in [-0.3, -0.25) is 4.99 Å². The third kappa shape index (κ3) is 5.65. The van der Waals surface area contributed by atoms with Gasteiger partial charge in [-0.25, -0.2) is 4.98 Å². The molecule has 0 amide bonds. The number of nitrogens with zero attached hydrogens (tertiary/aromatic N) is 2. The second-order valence-corrected chi connectivity index (χ2v) is 14.2. The molecule has 8 rings (SSSR count). The van der Waals surface area contributed by atoms with Gasteiger partial charge in [0.05, 0.1) is 11.3 Å². The van der Waals surface area contributed by atoms with E-state index in [-0.39, 0.29) is 11.2 Å². The zero-order valence-corrected chi connectivity index (χ0v) is 28.9. The van der Waals surface area contributed by atoms with E-state index in [1.54, 1.807) is 12.3 Å². The maximum absolute atomic E-state index is 10.7. The number of aromatic hydroxyl groups is 1. The number of rotatable bonds is 6. The van der Waals surface area contributed by atoms with Crippen molar-refractivity contribution in [3.63, 3.8) is 0 Å². The number of phenolic OH excluding ortho intramolecular Hbond substituents is 1. The Labute approximate surface area is 291 Å². The van der Waals surface area contributed by atoms with Crippen LogP contribution in [0.15, 0.2) is 135 Å². The van der Waals surface area contributed by atoms with E-state index in [0.717, 1.165) is 60.8 Å². The average molecular weight is 655 g/mol. The number of aliphatic imine (C=N–C) groups is 1. The monoisotopic (exact) mass is 654 g/mol. The Morgan fingerprint density at radius 3 is 2.28 bits per heavy atom. The molecule has 2 heterocycles. The largest absolute Gasteiger partial charge is 0.507 e. The molecule has 5 nitrogen and oxygen atoms in total. The molecule has 246 valence electrons. The number of phenols is 1. The van der Waals surface area contributed by atoms with Crippen molar-refractivity contribution in [2.75, 3.05) is 0 Å². The Hall–Kier alpha value is -5.94. The van der Waals surface area contributed by atoms with Crippen LogP contribution in [0.25, 0.3) is 66.7 Å². The van der Waals surface area contributed by atoms with Gasteiger partial charge < -0.3 is 13.9 Å². The number of para-hydroxylation sites is 3. The van der Waals surface area contributed by atoms with E-state index in [1.165, 1.54) is 5.56 Å². The van der Waals surface area contributed by atoms with Gasteiger partial charge in [0.1, 0.15) is 22.4 Å². The van der Waals surface area contributed by atoms with Crippen LogP contribution in [-0.2, 0) is 5.41 Å². The molecule has 0 spiro atoms.